The predicted octanol–water partition coefficient (Wildman–Crippen LogP) is 3.60. The van der Waals surface area contributed by atoms with Gasteiger partial charge in [0.15, 0.2) is 0 Å². The molecule has 0 N–H and O–H groups in total. The van der Waals surface area contributed by atoms with Crippen LogP contribution < -0.4 is 0 Å². The molecule has 0 bridgehead atoms. The minimum atomic E-state index is -3.53. The van der Waals surface area contributed by atoms with E-state index >= 15 is 0 Å². The Balaban J connectivity index is 1.92. The number of amides is 1. The number of rotatable bonds is 4. The van der Waals surface area contributed by atoms with Gasteiger partial charge in [-0.15, -0.1) is 11.8 Å². The number of likely N-dealkylation sites (tertiary alicyclic amines) is 1. The molecular weight excluding hydrogens is 368 g/mol. The molecule has 2 aliphatic rings. The second kappa shape index (κ2) is 8.76. The summed E-state index contributed by atoms with van der Waals surface area (Å²) >= 11 is 1.49. The van der Waals surface area contributed by atoms with E-state index in [-0.39, 0.29) is 10.8 Å². The predicted molar refractivity (Wildman–Crippen MR) is 105 cm³/mol. The zero-order chi connectivity index (χ0) is 18.6. The zero-order valence-electron chi connectivity index (χ0n) is 15.4. The van der Waals surface area contributed by atoms with Crippen molar-refractivity contribution in [2.75, 3.05) is 32.4 Å². The molecule has 2 saturated heterocycles. The molecule has 2 aliphatic heterocycles. The first-order valence-corrected chi connectivity index (χ1v) is 12.2. The Bertz CT molecular complexity index is 735. The molecule has 0 spiro atoms. The van der Waals surface area contributed by atoms with Gasteiger partial charge in [0.25, 0.3) is 5.91 Å². The Morgan fingerprint density at radius 2 is 1.50 bits per heavy atom. The van der Waals surface area contributed by atoms with Gasteiger partial charge in [-0.2, -0.15) is 4.31 Å². The maximum atomic E-state index is 13.1. The van der Waals surface area contributed by atoms with Crippen LogP contribution in [0.2, 0.25) is 0 Å². The van der Waals surface area contributed by atoms with Crippen LogP contribution in [-0.4, -0.2) is 56.0 Å². The summed E-state index contributed by atoms with van der Waals surface area (Å²) in [5.41, 5.74) is 0.525. The Kier molecular flexibility index (Phi) is 6.64. The van der Waals surface area contributed by atoms with Crippen molar-refractivity contribution in [3.63, 3.8) is 0 Å². The highest BCUT2D eigenvalue weighted by Crippen LogP contribution is 2.28. The SMILES string of the molecule is CSc1ccc(S(=O)(=O)N2CCCCC2)cc1C(=O)N1CCCCCC1. The van der Waals surface area contributed by atoms with E-state index in [2.05, 4.69) is 0 Å². The fourth-order valence-corrected chi connectivity index (χ4v) is 5.83. The molecule has 7 heteroatoms. The monoisotopic (exact) mass is 396 g/mol. The molecule has 5 nitrogen and oxygen atoms in total. The van der Waals surface area contributed by atoms with Gasteiger partial charge in [-0.25, -0.2) is 8.42 Å². The lowest BCUT2D eigenvalue weighted by atomic mass is 10.2. The molecule has 3 rings (SSSR count). The quantitative estimate of drug-likeness (QED) is 0.730. The summed E-state index contributed by atoms with van der Waals surface area (Å²) in [5, 5.41) is 0. The standard InChI is InChI=1S/C19H28N2O3S2/c1-25-18-10-9-16(26(23,24)21-13-7-4-8-14-21)15-17(18)19(22)20-11-5-2-3-6-12-20/h9-10,15H,2-8,11-14H2,1H3. The first-order chi connectivity index (χ1) is 12.5. The van der Waals surface area contributed by atoms with Crippen molar-refractivity contribution in [2.45, 2.75) is 54.7 Å². The van der Waals surface area contributed by atoms with Crippen LogP contribution in [-0.2, 0) is 10.0 Å². The van der Waals surface area contributed by atoms with Gasteiger partial charge in [0, 0.05) is 31.1 Å². The minimum absolute atomic E-state index is 0.0352. The van der Waals surface area contributed by atoms with Crippen LogP contribution in [0.25, 0.3) is 0 Å². The van der Waals surface area contributed by atoms with Crippen LogP contribution in [0.3, 0.4) is 0 Å². The summed E-state index contributed by atoms with van der Waals surface area (Å²) < 4.78 is 27.5. The number of thioether (sulfide) groups is 1. The average Bonchev–Trinajstić information content (AvgIpc) is 2.97. The molecule has 144 valence electrons. The molecule has 2 heterocycles. The van der Waals surface area contributed by atoms with Gasteiger partial charge in [0.2, 0.25) is 10.0 Å². The Morgan fingerprint density at radius 3 is 2.12 bits per heavy atom. The smallest absolute Gasteiger partial charge is 0.255 e. The molecule has 0 saturated carbocycles. The normalized spacial score (nSPS) is 20.0. The maximum absolute atomic E-state index is 13.1. The van der Waals surface area contributed by atoms with E-state index in [0.717, 1.165) is 62.9 Å². The molecule has 0 aliphatic carbocycles. The summed E-state index contributed by atoms with van der Waals surface area (Å²) in [5.74, 6) is -0.0352. The van der Waals surface area contributed by atoms with Gasteiger partial charge in [-0.3, -0.25) is 4.79 Å². The van der Waals surface area contributed by atoms with Crippen molar-refractivity contribution in [2.24, 2.45) is 0 Å². The first kappa shape index (κ1) is 19.7. The summed E-state index contributed by atoms with van der Waals surface area (Å²) in [7, 11) is -3.53. The molecule has 1 aromatic rings. The Morgan fingerprint density at radius 1 is 0.923 bits per heavy atom. The third-order valence-electron chi connectivity index (χ3n) is 5.25. The van der Waals surface area contributed by atoms with Crippen LogP contribution in [0, 0.1) is 0 Å². The molecular formula is C19H28N2O3S2. The van der Waals surface area contributed by atoms with Gasteiger partial charge in [0.1, 0.15) is 0 Å². The van der Waals surface area contributed by atoms with E-state index in [1.165, 1.54) is 11.8 Å². The van der Waals surface area contributed by atoms with Crippen LogP contribution in [0.4, 0.5) is 0 Å². The summed E-state index contributed by atoms with van der Waals surface area (Å²) in [6.07, 6.45) is 9.16. The van der Waals surface area contributed by atoms with E-state index < -0.39 is 10.0 Å². The first-order valence-electron chi connectivity index (χ1n) is 9.51. The maximum Gasteiger partial charge on any atom is 0.255 e. The minimum Gasteiger partial charge on any atom is -0.339 e. The van der Waals surface area contributed by atoms with Gasteiger partial charge in [0.05, 0.1) is 10.5 Å². The number of sulfonamides is 1. The average molecular weight is 397 g/mol. The van der Waals surface area contributed by atoms with Crippen LogP contribution >= 0.6 is 11.8 Å². The highest BCUT2D eigenvalue weighted by Gasteiger charge is 2.28. The molecule has 1 aromatic carbocycles. The van der Waals surface area contributed by atoms with Crippen molar-refractivity contribution in [3.8, 4) is 0 Å². The summed E-state index contributed by atoms with van der Waals surface area (Å²) in [4.78, 5) is 16.1. The number of benzene rings is 1. The highest BCUT2D eigenvalue weighted by molar-refractivity contribution is 7.98. The van der Waals surface area contributed by atoms with Gasteiger partial charge >= 0.3 is 0 Å². The summed E-state index contributed by atoms with van der Waals surface area (Å²) in [6, 6.07) is 5.03. The van der Waals surface area contributed by atoms with Crippen molar-refractivity contribution in [3.05, 3.63) is 23.8 Å². The Labute approximate surface area is 161 Å². The van der Waals surface area contributed by atoms with Crippen molar-refractivity contribution in [1.82, 2.24) is 9.21 Å². The van der Waals surface area contributed by atoms with Gasteiger partial charge in [-0.05, 0) is 50.1 Å². The van der Waals surface area contributed by atoms with E-state index in [1.54, 1.807) is 22.5 Å². The van der Waals surface area contributed by atoms with Gasteiger partial charge < -0.3 is 4.90 Å². The van der Waals surface area contributed by atoms with Crippen LogP contribution in [0.1, 0.15) is 55.3 Å². The fourth-order valence-electron chi connectivity index (χ4n) is 3.71. The molecule has 0 unspecified atom stereocenters. The van der Waals surface area contributed by atoms with Crippen LogP contribution in [0.15, 0.2) is 28.0 Å². The molecule has 0 radical (unpaired) electrons. The molecule has 2 fully saturated rings. The van der Waals surface area contributed by atoms with E-state index in [0.29, 0.717) is 18.7 Å². The third kappa shape index (κ3) is 4.26. The van der Waals surface area contributed by atoms with Gasteiger partial charge in [-0.1, -0.05) is 19.3 Å². The van der Waals surface area contributed by atoms with Crippen molar-refractivity contribution in [1.29, 1.82) is 0 Å². The second-order valence-corrected chi connectivity index (χ2v) is 9.82. The largest absolute Gasteiger partial charge is 0.339 e. The van der Waals surface area contributed by atoms with E-state index in [4.69, 9.17) is 0 Å². The topological polar surface area (TPSA) is 57.7 Å². The lowest BCUT2D eigenvalue weighted by Crippen LogP contribution is -2.36. The Hall–Kier alpha value is -1.05. The lowest BCUT2D eigenvalue weighted by Gasteiger charge is -2.26. The van der Waals surface area contributed by atoms with Crippen LogP contribution in [0.5, 0.6) is 0 Å². The lowest BCUT2D eigenvalue weighted by molar-refractivity contribution is 0.0758. The number of carbonyl (C=O) groups excluding carboxylic acids is 1. The molecule has 26 heavy (non-hydrogen) atoms. The highest BCUT2D eigenvalue weighted by atomic mass is 32.2. The number of nitrogens with zero attached hydrogens (tertiary/aromatic N) is 2. The summed E-state index contributed by atoms with van der Waals surface area (Å²) in [6.45, 7) is 2.66. The molecule has 0 atom stereocenters. The number of hydrogen-bond donors (Lipinski definition) is 0. The second-order valence-electron chi connectivity index (χ2n) is 7.03. The number of hydrogen-bond acceptors (Lipinski definition) is 4. The third-order valence-corrected chi connectivity index (χ3v) is 7.94. The van der Waals surface area contributed by atoms with E-state index in [9.17, 15) is 13.2 Å². The van der Waals surface area contributed by atoms with E-state index in [1.807, 2.05) is 11.2 Å². The van der Waals surface area contributed by atoms with Crippen molar-refractivity contribution < 1.29 is 13.2 Å². The van der Waals surface area contributed by atoms with Crippen molar-refractivity contribution >= 4 is 27.7 Å². The number of piperidine rings is 1. The zero-order valence-corrected chi connectivity index (χ0v) is 17.1. The number of carbonyl (C=O) groups is 1. The molecule has 1 amide bonds. The molecule has 0 aromatic heterocycles. The fraction of sp³-hybridized carbons (Fsp3) is 0.632.